The lowest BCUT2D eigenvalue weighted by Crippen LogP contribution is -2.42. The summed E-state index contributed by atoms with van der Waals surface area (Å²) in [5.41, 5.74) is 2.68. The summed E-state index contributed by atoms with van der Waals surface area (Å²) in [6.45, 7) is 7.56. The van der Waals surface area contributed by atoms with Gasteiger partial charge in [-0.1, -0.05) is 0 Å². The minimum atomic E-state index is -1.12. The van der Waals surface area contributed by atoms with Crippen LogP contribution in [0.3, 0.4) is 0 Å². The molecular formula is C14H22N4O2. The molecule has 0 aliphatic carbocycles. The van der Waals surface area contributed by atoms with Gasteiger partial charge in [0.15, 0.2) is 5.65 Å². The number of nitrogens with one attached hydrogen (secondary N) is 1. The van der Waals surface area contributed by atoms with Crippen LogP contribution in [0.15, 0.2) is 12.3 Å². The Labute approximate surface area is 118 Å². The second-order valence-electron chi connectivity index (χ2n) is 5.61. The summed E-state index contributed by atoms with van der Waals surface area (Å²) in [7, 11) is 0. The molecule has 0 bridgehead atoms. The van der Waals surface area contributed by atoms with Crippen LogP contribution in [0.25, 0.3) is 5.65 Å². The first-order chi connectivity index (χ1) is 9.34. The first-order valence-electron chi connectivity index (χ1n) is 6.72. The number of hydrogen-bond donors (Lipinski definition) is 3. The molecule has 20 heavy (non-hydrogen) atoms. The monoisotopic (exact) mass is 278 g/mol. The zero-order valence-corrected chi connectivity index (χ0v) is 12.4. The molecule has 0 aromatic carbocycles. The van der Waals surface area contributed by atoms with Gasteiger partial charge in [-0.2, -0.15) is 5.10 Å². The summed E-state index contributed by atoms with van der Waals surface area (Å²) in [4.78, 5) is 4.40. The van der Waals surface area contributed by atoms with Crippen molar-refractivity contribution >= 4 is 5.65 Å². The third-order valence-electron chi connectivity index (χ3n) is 3.48. The molecule has 2 aromatic rings. The zero-order valence-electron chi connectivity index (χ0n) is 12.4. The van der Waals surface area contributed by atoms with Gasteiger partial charge in [-0.3, -0.25) is 0 Å². The lowest BCUT2D eigenvalue weighted by Gasteiger charge is -2.24. The van der Waals surface area contributed by atoms with Crippen molar-refractivity contribution < 1.29 is 10.2 Å². The molecule has 6 heteroatoms. The summed E-state index contributed by atoms with van der Waals surface area (Å²) in [6, 6.07) is 1.94. The van der Waals surface area contributed by atoms with Gasteiger partial charge in [-0.05, 0) is 27.7 Å². The molecule has 0 saturated carbocycles. The number of aryl methyl sites for hydroxylation is 2. The maximum absolute atomic E-state index is 9.82. The second kappa shape index (κ2) is 5.47. The Balaban J connectivity index is 2.22. The largest absolute Gasteiger partial charge is 0.393 e. The van der Waals surface area contributed by atoms with Crippen LogP contribution in [0.5, 0.6) is 0 Å². The molecule has 6 nitrogen and oxygen atoms in total. The Morgan fingerprint density at radius 2 is 2.15 bits per heavy atom. The Morgan fingerprint density at radius 1 is 1.45 bits per heavy atom. The summed E-state index contributed by atoms with van der Waals surface area (Å²) >= 11 is 0. The highest BCUT2D eigenvalue weighted by atomic mass is 16.3. The predicted octanol–water partition coefficient (Wildman–Crippen LogP) is 0.740. The fraction of sp³-hybridized carbons (Fsp3) is 0.571. The van der Waals surface area contributed by atoms with Crippen LogP contribution in [0.1, 0.15) is 36.8 Å². The van der Waals surface area contributed by atoms with Crippen molar-refractivity contribution in [2.75, 3.05) is 13.2 Å². The minimum Gasteiger partial charge on any atom is -0.393 e. The third-order valence-corrected chi connectivity index (χ3v) is 3.48. The highest BCUT2D eigenvalue weighted by Gasteiger charge is 2.21. The highest BCUT2D eigenvalue weighted by molar-refractivity contribution is 5.42. The Morgan fingerprint density at radius 3 is 2.80 bits per heavy atom. The molecule has 0 spiro atoms. The van der Waals surface area contributed by atoms with E-state index in [0.717, 1.165) is 22.6 Å². The third kappa shape index (κ3) is 2.98. The first-order valence-corrected chi connectivity index (χ1v) is 6.72. The van der Waals surface area contributed by atoms with E-state index in [2.05, 4.69) is 15.4 Å². The Hall–Kier alpha value is -1.50. The summed E-state index contributed by atoms with van der Waals surface area (Å²) in [5, 5.41) is 26.5. The minimum absolute atomic E-state index is 0.00873. The van der Waals surface area contributed by atoms with Crippen molar-refractivity contribution in [1.29, 1.82) is 0 Å². The molecule has 0 radical (unpaired) electrons. The summed E-state index contributed by atoms with van der Waals surface area (Å²) in [5.74, 6) is 0. The van der Waals surface area contributed by atoms with Gasteiger partial charge in [0, 0.05) is 36.1 Å². The maximum atomic E-state index is 9.82. The summed E-state index contributed by atoms with van der Waals surface area (Å²) < 4.78 is 1.83. The second-order valence-corrected chi connectivity index (χ2v) is 5.61. The van der Waals surface area contributed by atoms with Crippen LogP contribution in [0.2, 0.25) is 0 Å². The average molecular weight is 278 g/mol. The lowest BCUT2D eigenvalue weighted by atomic mass is 10.1. The molecule has 0 aliphatic heterocycles. The van der Waals surface area contributed by atoms with Gasteiger partial charge in [0.1, 0.15) is 0 Å². The summed E-state index contributed by atoms with van der Waals surface area (Å²) in [6.07, 6.45) is 1.83. The fourth-order valence-corrected chi connectivity index (χ4v) is 2.14. The molecule has 0 saturated heterocycles. The van der Waals surface area contributed by atoms with E-state index in [-0.39, 0.29) is 12.6 Å². The number of hydrogen-bond acceptors (Lipinski definition) is 5. The van der Waals surface area contributed by atoms with Gasteiger partial charge in [0.05, 0.1) is 17.9 Å². The van der Waals surface area contributed by atoms with Gasteiger partial charge in [0.2, 0.25) is 0 Å². The van der Waals surface area contributed by atoms with E-state index < -0.39 is 5.60 Å². The van der Waals surface area contributed by atoms with E-state index in [1.165, 1.54) is 0 Å². The van der Waals surface area contributed by atoms with Gasteiger partial charge in [-0.25, -0.2) is 9.50 Å². The Kier molecular flexibility index (Phi) is 4.08. The molecule has 3 N–H and O–H groups in total. The van der Waals surface area contributed by atoms with Crippen molar-refractivity contribution in [3.8, 4) is 0 Å². The molecule has 2 unspecified atom stereocenters. The van der Waals surface area contributed by atoms with Crippen LogP contribution in [0, 0.1) is 13.8 Å². The van der Waals surface area contributed by atoms with Crippen molar-refractivity contribution in [3.63, 3.8) is 0 Å². The maximum Gasteiger partial charge on any atom is 0.155 e. The number of aliphatic hydroxyl groups is 2. The molecule has 110 valence electrons. The van der Waals surface area contributed by atoms with Gasteiger partial charge in [-0.15, -0.1) is 0 Å². The van der Waals surface area contributed by atoms with Crippen LogP contribution in [0.4, 0.5) is 0 Å². The molecule has 0 amide bonds. The van der Waals surface area contributed by atoms with Gasteiger partial charge in [0.25, 0.3) is 0 Å². The molecule has 0 fully saturated rings. The van der Waals surface area contributed by atoms with E-state index in [0.29, 0.717) is 6.54 Å². The molecule has 2 aromatic heterocycles. The van der Waals surface area contributed by atoms with Crippen LogP contribution in [-0.2, 0) is 0 Å². The van der Waals surface area contributed by atoms with Crippen molar-refractivity contribution in [2.24, 2.45) is 0 Å². The topological polar surface area (TPSA) is 82.7 Å². The van der Waals surface area contributed by atoms with E-state index in [9.17, 15) is 5.11 Å². The molecule has 0 aliphatic rings. The smallest absolute Gasteiger partial charge is 0.155 e. The first kappa shape index (κ1) is 14.9. The number of aromatic nitrogens is 3. The lowest BCUT2D eigenvalue weighted by molar-refractivity contribution is 0.00103. The number of aliphatic hydroxyl groups excluding tert-OH is 1. The van der Waals surface area contributed by atoms with Crippen molar-refractivity contribution in [2.45, 2.75) is 39.3 Å². The average Bonchev–Trinajstić information content (AvgIpc) is 2.78. The zero-order chi connectivity index (χ0) is 14.9. The normalized spacial score (nSPS) is 16.3. The van der Waals surface area contributed by atoms with Crippen molar-refractivity contribution in [1.82, 2.24) is 19.9 Å². The van der Waals surface area contributed by atoms with Gasteiger partial charge >= 0.3 is 0 Å². The number of nitrogens with zero attached hydrogens (tertiary/aromatic N) is 3. The fourth-order valence-electron chi connectivity index (χ4n) is 2.14. The van der Waals surface area contributed by atoms with Crippen LogP contribution in [-0.4, -0.2) is 43.6 Å². The van der Waals surface area contributed by atoms with Gasteiger partial charge < -0.3 is 15.5 Å². The van der Waals surface area contributed by atoms with E-state index >= 15 is 0 Å². The van der Waals surface area contributed by atoms with E-state index in [1.54, 1.807) is 6.92 Å². The quantitative estimate of drug-likeness (QED) is 0.751. The van der Waals surface area contributed by atoms with Crippen LogP contribution >= 0.6 is 0 Å². The molecule has 2 rings (SSSR count). The number of fused-ring (bicyclic) bond motifs is 1. The standard InChI is InChI=1S/C14H22N4O2/c1-9-5-13-15-6-12(11(3)18(13)17-9)10(2)16-7-14(4,20)8-19/h5-6,10,16,19-20H,7-8H2,1-4H3. The highest BCUT2D eigenvalue weighted by Crippen LogP contribution is 2.18. The SMILES string of the molecule is Cc1cc2ncc(C(C)NCC(C)(O)CO)c(C)n2n1. The predicted molar refractivity (Wildman–Crippen MR) is 76.6 cm³/mol. The number of rotatable bonds is 5. The molecular weight excluding hydrogens is 256 g/mol. The molecule has 2 atom stereocenters. The van der Waals surface area contributed by atoms with Crippen LogP contribution < -0.4 is 5.32 Å². The molecule has 2 heterocycles. The van der Waals surface area contributed by atoms with E-state index in [1.807, 2.05) is 37.5 Å². The Bertz CT molecular complexity index is 606. The van der Waals surface area contributed by atoms with Crippen molar-refractivity contribution in [3.05, 3.63) is 29.2 Å². The van der Waals surface area contributed by atoms with E-state index in [4.69, 9.17) is 5.11 Å².